The third-order valence-electron chi connectivity index (χ3n) is 3.18. The topological polar surface area (TPSA) is 66.4 Å². The Morgan fingerprint density at radius 3 is 2.45 bits per heavy atom. The van der Waals surface area contributed by atoms with Crippen LogP contribution in [-0.4, -0.2) is 26.2 Å². The molecule has 2 atom stereocenters. The molecule has 0 spiro atoms. The van der Waals surface area contributed by atoms with Gasteiger partial charge in [0.1, 0.15) is 4.21 Å². The molecule has 1 heterocycles. The summed E-state index contributed by atoms with van der Waals surface area (Å²) in [5, 5.41) is 9.51. The van der Waals surface area contributed by atoms with E-state index in [1.165, 1.54) is 6.07 Å². The maximum Gasteiger partial charge on any atom is 0.250 e. The summed E-state index contributed by atoms with van der Waals surface area (Å²) in [7, 11) is -3.62. The van der Waals surface area contributed by atoms with Crippen molar-refractivity contribution in [2.24, 2.45) is 11.8 Å². The normalized spacial score (nSPS) is 15.5. The van der Waals surface area contributed by atoms with Crippen LogP contribution in [0, 0.1) is 11.8 Å². The Labute approximate surface area is 130 Å². The van der Waals surface area contributed by atoms with Gasteiger partial charge in [-0.15, -0.1) is 11.3 Å². The lowest BCUT2D eigenvalue weighted by Crippen LogP contribution is -2.42. The molecule has 0 bridgehead atoms. The van der Waals surface area contributed by atoms with Crippen molar-refractivity contribution >= 4 is 33.0 Å². The van der Waals surface area contributed by atoms with Crippen molar-refractivity contribution in [3.63, 3.8) is 0 Å². The minimum absolute atomic E-state index is 0.116. The SMILES string of the molecule is CC[C@H](CC(C)C)[C@H](CO)NS(=O)(=O)c1ccc(Cl)s1. The maximum absolute atomic E-state index is 12.3. The van der Waals surface area contributed by atoms with E-state index in [2.05, 4.69) is 18.6 Å². The zero-order valence-corrected chi connectivity index (χ0v) is 14.4. The lowest BCUT2D eigenvalue weighted by molar-refractivity contribution is 0.197. The molecule has 0 aliphatic rings. The van der Waals surface area contributed by atoms with Gasteiger partial charge in [-0.1, -0.05) is 38.8 Å². The Morgan fingerprint density at radius 1 is 1.40 bits per heavy atom. The zero-order valence-electron chi connectivity index (χ0n) is 12.0. The first-order chi connectivity index (χ1) is 9.30. The number of nitrogens with one attached hydrogen (secondary N) is 1. The number of aliphatic hydroxyl groups is 1. The third-order valence-corrected chi connectivity index (χ3v) is 6.40. The summed E-state index contributed by atoms with van der Waals surface area (Å²) in [5.41, 5.74) is 0. The summed E-state index contributed by atoms with van der Waals surface area (Å²) in [4.78, 5) is 0. The van der Waals surface area contributed by atoms with Crippen molar-refractivity contribution in [2.75, 3.05) is 6.61 Å². The molecule has 0 unspecified atom stereocenters. The summed E-state index contributed by atoms with van der Waals surface area (Å²) < 4.78 is 27.7. The molecule has 0 fully saturated rings. The van der Waals surface area contributed by atoms with Crippen LogP contribution in [-0.2, 0) is 10.0 Å². The van der Waals surface area contributed by atoms with Crippen molar-refractivity contribution in [2.45, 2.75) is 43.9 Å². The first kappa shape index (κ1) is 17.9. The predicted octanol–water partition coefficient (Wildman–Crippen LogP) is 3.11. The Hall–Kier alpha value is -0.140. The highest BCUT2D eigenvalue weighted by atomic mass is 35.5. The molecule has 0 aromatic carbocycles. The van der Waals surface area contributed by atoms with E-state index in [0.717, 1.165) is 24.2 Å². The molecule has 1 aromatic heterocycles. The largest absolute Gasteiger partial charge is 0.395 e. The molecule has 116 valence electrons. The third kappa shape index (κ3) is 5.00. The molecule has 0 aliphatic carbocycles. The average Bonchev–Trinajstić information content (AvgIpc) is 2.80. The molecule has 20 heavy (non-hydrogen) atoms. The summed E-state index contributed by atoms with van der Waals surface area (Å²) in [6.07, 6.45) is 1.69. The molecule has 2 N–H and O–H groups in total. The summed E-state index contributed by atoms with van der Waals surface area (Å²) in [6.45, 7) is 5.98. The second-order valence-electron chi connectivity index (χ2n) is 5.27. The van der Waals surface area contributed by atoms with Crippen LogP contribution in [0.25, 0.3) is 0 Å². The van der Waals surface area contributed by atoms with Gasteiger partial charge in [-0.05, 0) is 30.4 Å². The minimum atomic E-state index is -3.62. The highest BCUT2D eigenvalue weighted by Gasteiger charge is 2.27. The van der Waals surface area contributed by atoms with Crippen LogP contribution >= 0.6 is 22.9 Å². The van der Waals surface area contributed by atoms with Crippen LogP contribution in [0.5, 0.6) is 0 Å². The monoisotopic (exact) mass is 339 g/mol. The predicted molar refractivity (Wildman–Crippen MR) is 83.8 cm³/mol. The first-order valence-electron chi connectivity index (χ1n) is 6.68. The molecule has 0 amide bonds. The van der Waals surface area contributed by atoms with E-state index >= 15 is 0 Å². The van der Waals surface area contributed by atoms with Crippen LogP contribution in [0.3, 0.4) is 0 Å². The molecule has 1 rings (SSSR count). The van der Waals surface area contributed by atoms with Gasteiger partial charge in [-0.25, -0.2) is 13.1 Å². The minimum Gasteiger partial charge on any atom is -0.395 e. The summed E-state index contributed by atoms with van der Waals surface area (Å²) in [5.74, 6) is 0.569. The van der Waals surface area contributed by atoms with Gasteiger partial charge in [0, 0.05) is 6.04 Å². The second-order valence-corrected chi connectivity index (χ2v) is 8.92. The highest BCUT2D eigenvalue weighted by Crippen LogP contribution is 2.27. The number of sulfonamides is 1. The molecule has 1 aromatic rings. The first-order valence-corrected chi connectivity index (χ1v) is 9.36. The van der Waals surface area contributed by atoms with Crippen molar-refractivity contribution in [1.82, 2.24) is 4.72 Å². The van der Waals surface area contributed by atoms with Crippen LogP contribution < -0.4 is 4.72 Å². The molecule has 0 aliphatic heterocycles. The number of rotatable bonds is 8. The van der Waals surface area contributed by atoms with E-state index in [0.29, 0.717) is 10.3 Å². The van der Waals surface area contributed by atoms with Crippen molar-refractivity contribution in [3.05, 3.63) is 16.5 Å². The number of aliphatic hydroxyl groups excluding tert-OH is 1. The van der Waals surface area contributed by atoms with Crippen LogP contribution in [0.1, 0.15) is 33.6 Å². The number of hydrogen-bond donors (Lipinski definition) is 2. The number of thiophene rings is 1. The van der Waals surface area contributed by atoms with E-state index in [9.17, 15) is 13.5 Å². The van der Waals surface area contributed by atoms with Crippen molar-refractivity contribution in [3.8, 4) is 0 Å². The fourth-order valence-corrected chi connectivity index (χ4v) is 5.00. The second kappa shape index (κ2) is 7.75. The van der Waals surface area contributed by atoms with Gasteiger partial charge >= 0.3 is 0 Å². The smallest absolute Gasteiger partial charge is 0.250 e. The Kier molecular flexibility index (Phi) is 6.94. The lowest BCUT2D eigenvalue weighted by atomic mass is 9.89. The van der Waals surface area contributed by atoms with E-state index in [1.54, 1.807) is 6.07 Å². The molecule has 0 saturated heterocycles. The van der Waals surface area contributed by atoms with Gasteiger partial charge in [0.05, 0.1) is 10.9 Å². The summed E-state index contributed by atoms with van der Waals surface area (Å²) >= 11 is 6.79. The Bertz CT molecular complexity index is 513. The molecule has 0 saturated carbocycles. The highest BCUT2D eigenvalue weighted by molar-refractivity contribution is 7.91. The number of hydrogen-bond acceptors (Lipinski definition) is 4. The molecular weight excluding hydrogens is 318 g/mol. The van der Waals surface area contributed by atoms with Gasteiger partial charge in [0.25, 0.3) is 0 Å². The fourth-order valence-electron chi connectivity index (χ4n) is 2.20. The Balaban J connectivity index is 2.86. The Morgan fingerprint density at radius 2 is 2.05 bits per heavy atom. The van der Waals surface area contributed by atoms with E-state index in [1.807, 2.05) is 6.92 Å². The standard InChI is InChI=1S/C13H22ClNO3S2/c1-4-10(7-9(2)3)11(8-16)15-20(17,18)13-6-5-12(14)19-13/h5-6,9-11,15-16H,4,7-8H2,1-3H3/t10-,11+/m1/s1. The van der Waals surface area contributed by atoms with Gasteiger partial charge in [-0.2, -0.15) is 0 Å². The molecule has 0 radical (unpaired) electrons. The average molecular weight is 340 g/mol. The van der Waals surface area contributed by atoms with Gasteiger partial charge in [-0.3, -0.25) is 0 Å². The van der Waals surface area contributed by atoms with E-state index in [4.69, 9.17) is 11.6 Å². The zero-order chi connectivity index (χ0) is 15.3. The molecular formula is C13H22ClNO3S2. The van der Waals surface area contributed by atoms with Gasteiger partial charge in [0.2, 0.25) is 10.0 Å². The van der Waals surface area contributed by atoms with Crippen molar-refractivity contribution in [1.29, 1.82) is 0 Å². The van der Waals surface area contributed by atoms with Gasteiger partial charge < -0.3 is 5.11 Å². The van der Waals surface area contributed by atoms with Crippen LogP contribution in [0.15, 0.2) is 16.3 Å². The van der Waals surface area contributed by atoms with Crippen LogP contribution in [0.2, 0.25) is 4.34 Å². The fraction of sp³-hybridized carbons (Fsp3) is 0.692. The summed E-state index contributed by atoms with van der Waals surface area (Å²) in [6, 6.07) is 2.57. The van der Waals surface area contributed by atoms with Crippen LogP contribution in [0.4, 0.5) is 0 Å². The van der Waals surface area contributed by atoms with Crippen molar-refractivity contribution < 1.29 is 13.5 Å². The van der Waals surface area contributed by atoms with Gasteiger partial charge in [0.15, 0.2) is 0 Å². The van der Waals surface area contributed by atoms with E-state index in [-0.39, 0.29) is 16.7 Å². The van der Waals surface area contributed by atoms with E-state index < -0.39 is 16.1 Å². The molecule has 7 heteroatoms. The quantitative estimate of drug-likeness (QED) is 0.764. The lowest BCUT2D eigenvalue weighted by Gasteiger charge is -2.26. The molecule has 4 nitrogen and oxygen atoms in total. The maximum atomic E-state index is 12.3. The number of halogens is 1.